The second-order valence-corrected chi connectivity index (χ2v) is 5.96. The lowest BCUT2D eigenvalue weighted by Crippen LogP contribution is -2.13. The Morgan fingerprint density at radius 2 is 1.95 bits per heavy atom. The van der Waals surface area contributed by atoms with Crippen molar-refractivity contribution in [2.75, 3.05) is 6.54 Å². The Morgan fingerprint density at radius 3 is 2.67 bits per heavy atom. The first-order chi connectivity index (χ1) is 10.0. The molecule has 0 spiro atoms. The molecule has 0 fully saturated rings. The molecule has 0 aromatic heterocycles. The molecule has 2 nitrogen and oxygen atoms in total. The van der Waals surface area contributed by atoms with Crippen molar-refractivity contribution < 1.29 is 9.13 Å². The molecule has 1 N–H and O–H groups in total. The molecule has 0 heterocycles. The van der Waals surface area contributed by atoms with Gasteiger partial charge in [-0.05, 0) is 40.7 Å². The Kier molecular flexibility index (Phi) is 5.88. The number of nitrogens with one attached hydrogen (secondary N) is 1. The van der Waals surface area contributed by atoms with E-state index in [4.69, 9.17) is 27.9 Å². The Labute approximate surface area is 141 Å². The first-order valence-corrected chi connectivity index (χ1v) is 7.88. The van der Waals surface area contributed by atoms with Gasteiger partial charge in [0, 0.05) is 22.6 Å². The van der Waals surface area contributed by atoms with Crippen molar-refractivity contribution in [3.63, 3.8) is 0 Å². The molecule has 0 saturated heterocycles. The van der Waals surface area contributed by atoms with E-state index in [-0.39, 0.29) is 5.82 Å². The fourth-order valence-electron chi connectivity index (χ4n) is 1.76. The maximum atomic E-state index is 13.9. The smallest absolute Gasteiger partial charge is 0.147 e. The molecular weight excluding hydrogens is 380 g/mol. The summed E-state index contributed by atoms with van der Waals surface area (Å²) in [6, 6.07) is 7.92. The highest BCUT2D eigenvalue weighted by Gasteiger charge is 2.13. The predicted octanol–water partition coefficient (Wildman–Crippen LogP) is 5.80. The predicted molar refractivity (Wildman–Crippen MR) is 88.0 cm³/mol. The molecule has 0 aliphatic carbocycles. The Balaban J connectivity index is 2.35. The molecule has 0 bridgehead atoms. The molecule has 0 atom stereocenters. The second kappa shape index (κ2) is 7.45. The minimum atomic E-state index is -0.326. The third-order valence-electron chi connectivity index (χ3n) is 2.82. The van der Waals surface area contributed by atoms with Crippen molar-refractivity contribution in [1.29, 1.82) is 0 Å². The molecule has 2 aromatic rings. The van der Waals surface area contributed by atoms with Crippen LogP contribution in [0, 0.1) is 5.82 Å². The van der Waals surface area contributed by atoms with E-state index in [1.165, 1.54) is 6.07 Å². The van der Waals surface area contributed by atoms with Crippen LogP contribution < -0.4 is 10.1 Å². The van der Waals surface area contributed by atoms with Gasteiger partial charge in [0.15, 0.2) is 0 Å². The quantitative estimate of drug-likeness (QED) is 0.649. The zero-order valence-electron chi connectivity index (χ0n) is 11.2. The summed E-state index contributed by atoms with van der Waals surface area (Å²) < 4.78 is 20.3. The zero-order chi connectivity index (χ0) is 15.4. The van der Waals surface area contributed by atoms with Gasteiger partial charge < -0.3 is 10.1 Å². The van der Waals surface area contributed by atoms with Crippen LogP contribution in [0.1, 0.15) is 12.5 Å². The summed E-state index contributed by atoms with van der Waals surface area (Å²) in [5, 5.41) is 3.94. The van der Waals surface area contributed by atoms with Crippen LogP contribution in [0.3, 0.4) is 0 Å². The van der Waals surface area contributed by atoms with Crippen molar-refractivity contribution in [3.05, 3.63) is 56.2 Å². The van der Waals surface area contributed by atoms with E-state index in [1.807, 2.05) is 6.92 Å². The van der Waals surface area contributed by atoms with E-state index in [0.29, 0.717) is 38.1 Å². The minimum Gasteiger partial charge on any atom is -0.455 e. The molecule has 0 aliphatic rings. The highest BCUT2D eigenvalue weighted by molar-refractivity contribution is 9.10. The van der Waals surface area contributed by atoms with Crippen LogP contribution in [0.15, 0.2) is 34.8 Å². The van der Waals surface area contributed by atoms with E-state index >= 15 is 0 Å². The van der Waals surface area contributed by atoms with Gasteiger partial charge >= 0.3 is 0 Å². The molecule has 0 unspecified atom stereocenters. The van der Waals surface area contributed by atoms with Gasteiger partial charge in [-0.1, -0.05) is 36.2 Å². The summed E-state index contributed by atoms with van der Waals surface area (Å²) in [5.41, 5.74) is 0.453. The number of ether oxygens (including phenoxy) is 1. The average molecular weight is 393 g/mol. The van der Waals surface area contributed by atoms with Crippen LogP contribution in [-0.2, 0) is 6.54 Å². The van der Waals surface area contributed by atoms with Gasteiger partial charge in [0.05, 0.1) is 10.0 Å². The standard InChI is InChI=1S/C15H13BrCl2FNO/c1-2-20-8-9-13(19)4-3-5-14(9)21-15-7-11(17)10(16)6-12(15)18/h3-7,20H,2,8H2,1H3. The summed E-state index contributed by atoms with van der Waals surface area (Å²) in [5.74, 6) is 0.470. The third-order valence-corrected chi connectivity index (χ3v) is 4.31. The summed E-state index contributed by atoms with van der Waals surface area (Å²) in [7, 11) is 0. The van der Waals surface area contributed by atoms with E-state index in [2.05, 4.69) is 21.2 Å². The van der Waals surface area contributed by atoms with Crippen molar-refractivity contribution in [3.8, 4) is 11.5 Å². The van der Waals surface area contributed by atoms with Gasteiger partial charge in [0.25, 0.3) is 0 Å². The molecule has 0 aliphatic heterocycles. The Hall–Kier alpha value is -0.810. The molecule has 2 aromatic carbocycles. The number of hydrogen-bond donors (Lipinski definition) is 1. The molecule has 6 heteroatoms. The molecule has 2 rings (SSSR count). The van der Waals surface area contributed by atoms with Gasteiger partial charge in [-0.2, -0.15) is 0 Å². The average Bonchev–Trinajstić information content (AvgIpc) is 2.44. The van der Waals surface area contributed by atoms with Gasteiger partial charge in [-0.15, -0.1) is 0 Å². The molecule has 21 heavy (non-hydrogen) atoms. The van der Waals surface area contributed by atoms with E-state index in [9.17, 15) is 4.39 Å². The van der Waals surface area contributed by atoms with Crippen molar-refractivity contribution in [2.45, 2.75) is 13.5 Å². The molecule has 0 saturated carbocycles. The topological polar surface area (TPSA) is 21.3 Å². The molecule has 112 valence electrons. The number of benzene rings is 2. The lowest BCUT2D eigenvalue weighted by atomic mass is 10.2. The van der Waals surface area contributed by atoms with Gasteiger partial charge in [-0.25, -0.2) is 4.39 Å². The van der Waals surface area contributed by atoms with Crippen molar-refractivity contribution >= 4 is 39.1 Å². The maximum absolute atomic E-state index is 13.9. The monoisotopic (exact) mass is 391 g/mol. The van der Waals surface area contributed by atoms with Crippen molar-refractivity contribution in [1.82, 2.24) is 5.32 Å². The van der Waals surface area contributed by atoms with Crippen LogP contribution in [0.4, 0.5) is 4.39 Å². The Bertz CT molecular complexity index is 652. The van der Waals surface area contributed by atoms with Gasteiger partial charge in [-0.3, -0.25) is 0 Å². The number of rotatable bonds is 5. The highest BCUT2D eigenvalue weighted by atomic mass is 79.9. The highest BCUT2D eigenvalue weighted by Crippen LogP contribution is 2.37. The largest absolute Gasteiger partial charge is 0.455 e. The Morgan fingerprint density at radius 1 is 1.19 bits per heavy atom. The zero-order valence-corrected chi connectivity index (χ0v) is 14.3. The van der Waals surface area contributed by atoms with E-state index in [0.717, 1.165) is 6.54 Å². The minimum absolute atomic E-state index is 0.326. The van der Waals surface area contributed by atoms with Crippen LogP contribution in [0.5, 0.6) is 11.5 Å². The number of hydrogen-bond acceptors (Lipinski definition) is 2. The fourth-order valence-corrected chi connectivity index (χ4v) is 2.59. The van der Waals surface area contributed by atoms with Crippen molar-refractivity contribution in [2.24, 2.45) is 0 Å². The number of halogens is 4. The van der Waals surface area contributed by atoms with Crippen LogP contribution in [0.25, 0.3) is 0 Å². The maximum Gasteiger partial charge on any atom is 0.147 e. The summed E-state index contributed by atoms with van der Waals surface area (Å²) in [6.07, 6.45) is 0. The lowest BCUT2D eigenvalue weighted by Gasteiger charge is -2.14. The van der Waals surface area contributed by atoms with Crippen LogP contribution >= 0.6 is 39.1 Å². The van der Waals surface area contributed by atoms with Gasteiger partial charge in [0.2, 0.25) is 0 Å². The fraction of sp³-hybridized carbons (Fsp3) is 0.200. The SMILES string of the molecule is CCNCc1c(F)cccc1Oc1cc(Cl)c(Br)cc1Cl. The molecular formula is C15H13BrCl2FNO. The van der Waals surface area contributed by atoms with E-state index < -0.39 is 0 Å². The lowest BCUT2D eigenvalue weighted by molar-refractivity contribution is 0.463. The molecule has 0 amide bonds. The van der Waals surface area contributed by atoms with Crippen LogP contribution in [0.2, 0.25) is 10.0 Å². The summed E-state index contributed by atoms with van der Waals surface area (Å²) in [6.45, 7) is 3.06. The first kappa shape index (κ1) is 16.6. The normalized spacial score (nSPS) is 10.7. The molecule has 0 radical (unpaired) electrons. The van der Waals surface area contributed by atoms with E-state index in [1.54, 1.807) is 24.3 Å². The first-order valence-electron chi connectivity index (χ1n) is 6.33. The third kappa shape index (κ3) is 4.10. The summed E-state index contributed by atoms with van der Waals surface area (Å²) in [4.78, 5) is 0. The van der Waals surface area contributed by atoms with Crippen LogP contribution in [-0.4, -0.2) is 6.54 Å². The van der Waals surface area contributed by atoms with Gasteiger partial charge in [0.1, 0.15) is 17.3 Å². The summed E-state index contributed by atoms with van der Waals surface area (Å²) >= 11 is 15.4. The second-order valence-electron chi connectivity index (χ2n) is 4.30.